The van der Waals surface area contributed by atoms with Gasteiger partial charge in [0.25, 0.3) is 0 Å². The van der Waals surface area contributed by atoms with Gasteiger partial charge in [-0.15, -0.1) is 0 Å². The molecular weight excluding hydrogens is 290 g/mol. The summed E-state index contributed by atoms with van der Waals surface area (Å²) in [4.78, 5) is 13.0. The maximum atomic E-state index is 5.14. The summed E-state index contributed by atoms with van der Waals surface area (Å²) in [7, 11) is 3.61. The lowest BCUT2D eigenvalue weighted by atomic mass is 10.2. The molecule has 6 nitrogen and oxygen atoms in total. The van der Waals surface area contributed by atoms with E-state index in [1.54, 1.807) is 19.5 Å². The van der Waals surface area contributed by atoms with E-state index in [0.29, 0.717) is 5.88 Å². The minimum Gasteiger partial charge on any atom is -0.481 e. The quantitative estimate of drug-likeness (QED) is 0.629. The van der Waals surface area contributed by atoms with Crippen molar-refractivity contribution in [3.05, 3.63) is 48.9 Å². The SMILES string of the molecule is COc1cc(Nc2ccc3c4cnccc4n(C)c3n2)ccn1. The van der Waals surface area contributed by atoms with Crippen LogP contribution in [0.2, 0.25) is 0 Å². The number of nitrogens with zero attached hydrogens (tertiary/aromatic N) is 4. The molecule has 0 aliphatic heterocycles. The van der Waals surface area contributed by atoms with Gasteiger partial charge in [0.2, 0.25) is 5.88 Å². The van der Waals surface area contributed by atoms with Crippen LogP contribution in [0.5, 0.6) is 5.88 Å². The standard InChI is InChI=1S/C17H15N5O/c1-22-14-6-7-18-10-13(14)12-3-4-15(21-17(12)22)20-11-5-8-19-16(9-11)23-2/h3-10H,1-2H3,(H,19,20,21). The highest BCUT2D eigenvalue weighted by molar-refractivity contribution is 6.06. The summed E-state index contributed by atoms with van der Waals surface area (Å²) in [5, 5.41) is 5.48. The molecule has 4 heterocycles. The van der Waals surface area contributed by atoms with Crippen LogP contribution in [0.1, 0.15) is 0 Å². The van der Waals surface area contributed by atoms with Gasteiger partial charge in [0.1, 0.15) is 11.5 Å². The van der Waals surface area contributed by atoms with Crippen LogP contribution in [0.25, 0.3) is 21.9 Å². The number of pyridine rings is 3. The van der Waals surface area contributed by atoms with Crippen LogP contribution in [0.3, 0.4) is 0 Å². The number of nitrogens with one attached hydrogen (secondary N) is 1. The molecule has 1 N–H and O–H groups in total. The molecule has 0 radical (unpaired) electrons. The largest absolute Gasteiger partial charge is 0.481 e. The predicted octanol–water partition coefficient (Wildman–Crippen LogP) is 3.27. The maximum absolute atomic E-state index is 5.14. The maximum Gasteiger partial charge on any atom is 0.214 e. The molecule has 0 amide bonds. The number of hydrogen-bond donors (Lipinski definition) is 1. The third-order valence-corrected chi connectivity index (χ3v) is 3.86. The normalized spacial score (nSPS) is 11.0. The lowest BCUT2D eigenvalue weighted by Gasteiger charge is -2.07. The van der Waals surface area contributed by atoms with Crippen LogP contribution in [-0.2, 0) is 7.05 Å². The molecule has 0 saturated carbocycles. The first-order chi connectivity index (χ1) is 11.3. The van der Waals surface area contributed by atoms with Crippen molar-refractivity contribution in [2.24, 2.45) is 7.05 Å². The third-order valence-electron chi connectivity index (χ3n) is 3.86. The predicted molar refractivity (Wildman–Crippen MR) is 90.1 cm³/mol. The minimum atomic E-state index is 0.562. The van der Waals surface area contributed by atoms with Gasteiger partial charge in [0.15, 0.2) is 0 Å². The molecule has 0 aliphatic rings. The summed E-state index contributed by atoms with van der Waals surface area (Å²) in [5.74, 6) is 1.33. The first kappa shape index (κ1) is 13.5. The molecule has 114 valence electrons. The number of aromatic nitrogens is 4. The molecule has 0 fully saturated rings. The second-order valence-electron chi connectivity index (χ2n) is 5.23. The third kappa shape index (κ3) is 2.24. The number of rotatable bonds is 3. The number of ether oxygens (including phenoxy) is 1. The molecule has 6 heteroatoms. The number of methoxy groups -OCH3 is 1. The van der Waals surface area contributed by atoms with E-state index in [9.17, 15) is 0 Å². The number of hydrogen-bond acceptors (Lipinski definition) is 5. The minimum absolute atomic E-state index is 0.562. The fraction of sp³-hybridized carbons (Fsp3) is 0.118. The van der Waals surface area contributed by atoms with Gasteiger partial charge >= 0.3 is 0 Å². The summed E-state index contributed by atoms with van der Waals surface area (Å²) in [6.07, 6.45) is 5.37. The van der Waals surface area contributed by atoms with Crippen molar-refractivity contribution >= 4 is 33.4 Å². The van der Waals surface area contributed by atoms with E-state index in [1.807, 2.05) is 37.5 Å². The highest BCUT2D eigenvalue weighted by atomic mass is 16.5. The molecule has 23 heavy (non-hydrogen) atoms. The summed E-state index contributed by atoms with van der Waals surface area (Å²) in [6.45, 7) is 0. The molecule has 0 bridgehead atoms. The second-order valence-corrected chi connectivity index (χ2v) is 5.23. The summed E-state index contributed by atoms with van der Waals surface area (Å²) in [6, 6.07) is 9.73. The molecule has 0 saturated heterocycles. The van der Waals surface area contributed by atoms with Gasteiger partial charge in [-0.1, -0.05) is 0 Å². The number of fused-ring (bicyclic) bond motifs is 3. The lowest BCUT2D eigenvalue weighted by Crippen LogP contribution is -1.97. The lowest BCUT2D eigenvalue weighted by molar-refractivity contribution is 0.398. The molecule has 0 spiro atoms. The van der Waals surface area contributed by atoms with Gasteiger partial charge in [-0.2, -0.15) is 0 Å². The van der Waals surface area contributed by atoms with Crippen LogP contribution in [0.4, 0.5) is 11.5 Å². The Morgan fingerprint density at radius 3 is 2.87 bits per heavy atom. The molecule has 0 aromatic carbocycles. The van der Waals surface area contributed by atoms with Crippen molar-refractivity contribution in [3.63, 3.8) is 0 Å². The molecule has 4 rings (SSSR count). The number of aryl methyl sites for hydroxylation is 1. The van der Waals surface area contributed by atoms with E-state index in [2.05, 4.69) is 25.9 Å². The van der Waals surface area contributed by atoms with E-state index in [0.717, 1.165) is 33.4 Å². The smallest absolute Gasteiger partial charge is 0.214 e. The average Bonchev–Trinajstić information content (AvgIpc) is 2.88. The van der Waals surface area contributed by atoms with Crippen molar-refractivity contribution in [1.29, 1.82) is 0 Å². The van der Waals surface area contributed by atoms with Crippen molar-refractivity contribution in [2.45, 2.75) is 0 Å². The van der Waals surface area contributed by atoms with Crippen LogP contribution in [0.15, 0.2) is 48.9 Å². The first-order valence-corrected chi connectivity index (χ1v) is 7.22. The van der Waals surface area contributed by atoms with Gasteiger partial charge < -0.3 is 14.6 Å². The van der Waals surface area contributed by atoms with Gasteiger partial charge in [-0.3, -0.25) is 4.98 Å². The zero-order valence-corrected chi connectivity index (χ0v) is 12.8. The Morgan fingerprint density at radius 1 is 1.09 bits per heavy atom. The Labute approximate surface area is 132 Å². The topological polar surface area (TPSA) is 64.9 Å². The van der Waals surface area contributed by atoms with Gasteiger partial charge in [-0.25, -0.2) is 9.97 Å². The zero-order valence-electron chi connectivity index (χ0n) is 12.8. The average molecular weight is 305 g/mol. The van der Waals surface area contributed by atoms with Crippen molar-refractivity contribution < 1.29 is 4.74 Å². The Hall–Kier alpha value is -3.15. The van der Waals surface area contributed by atoms with Crippen LogP contribution in [-0.4, -0.2) is 26.6 Å². The summed E-state index contributed by atoms with van der Waals surface area (Å²) in [5.41, 5.74) is 2.91. The van der Waals surface area contributed by atoms with E-state index in [1.165, 1.54) is 0 Å². The summed E-state index contributed by atoms with van der Waals surface area (Å²) >= 11 is 0. The summed E-state index contributed by atoms with van der Waals surface area (Å²) < 4.78 is 7.21. The van der Waals surface area contributed by atoms with E-state index < -0.39 is 0 Å². The Balaban J connectivity index is 1.79. The fourth-order valence-corrected chi connectivity index (χ4v) is 2.73. The molecule has 4 aromatic heterocycles. The highest BCUT2D eigenvalue weighted by Gasteiger charge is 2.10. The zero-order chi connectivity index (χ0) is 15.8. The van der Waals surface area contributed by atoms with E-state index >= 15 is 0 Å². The highest BCUT2D eigenvalue weighted by Crippen LogP contribution is 2.28. The molecule has 4 aromatic rings. The van der Waals surface area contributed by atoms with E-state index in [4.69, 9.17) is 9.72 Å². The van der Waals surface area contributed by atoms with Crippen molar-refractivity contribution in [3.8, 4) is 5.88 Å². The Morgan fingerprint density at radius 2 is 2.00 bits per heavy atom. The molecule has 0 atom stereocenters. The van der Waals surface area contributed by atoms with Crippen molar-refractivity contribution in [1.82, 2.24) is 19.5 Å². The number of anilines is 2. The molecular formula is C17H15N5O. The molecule has 0 aliphatic carbocycles. The first-order valence-electron chi connectivity index (χ1n) is 7.22. The monoisotopic (exact) mass is 305 g/mol. The van der Waals surface area contributed by atoms with Crippen LogP contribution >= 0.6 is 0 Å². The Bertz CT molecular complexity index is 1010. The van der Waals surface area contributed by atoms with Crippen LogP contribution in [0, 0.1) is 0 Å². The van der Waals surface area contributed by atoms with Gasteiger partial charge in [0.05, 0.1) is 12.6 Å². The molecule has 0 unspecified atom stereocenters. The Kier molecular flexibility index (Phi) is 3.08. The van der Waals surface area contributed by atoms with Gasteiger partial charge in [-0.05, 0) is 24.3 Å². The van der Waals surface area contributed by atoms with Gasteiger partial charge in [0, 0.05) is 48.2 Å². The van der Waals surface area contributed by atoms with E-state index in [-0.39, 0.29) is 0 Å². The van der Waals surface area contributed by atoms with Crippen LogP contribution < -0.4 is 10.1 Å². The second kappa shape index (κ2) is 5.24. The fourth-order valence-electron chi connectivity index (χ4n) is 2.73. The van der Waals surface area contributed by atoms with Crippen molar-refractivity contribution in [2.75, 3.05) is 12.4 Å².